The maximum absolute atomic E-state index is 15.6. The van der Waals surface area contributed by atoms with Gasteiger partial charge in [0.2, 0.25) is 11.7 Å². The van der Waals surface area contributed by atoms with Crippen LogP contribution in [0.2, 0.25) is 5.02 Å². The Bertz CT molecular complexity index is 1800. The van der Waals surface area contributed by atoms with E-state index in [4.69, 9.17) is 20.9 Å². The van der Waals surface area contributed by atoms with Crippen molar-refractivity contribution in [3.63, 3.8) is 0 Å². The Labute approximate surface area is 253 Å². The van der Waals surface area contributed by atoms with E-state index in [1.54, 1.807) is 45.0 Å². The first-order valence-corrected chi connectivity index (χ1v) is 16.8. The van der Waals surface area contributed by atoms with Crippen molar-refractivity contribution in [2.45, 2.75) is 62.4 Å². The Balaban J connectivity index is 1.87. The predicted molar refractivity (Wildman–Crippen MR) is 155 cm³/mol. The molecule has 3 aromatic rings. The van der Waals surface area contributed by atoms with E-state index in [0.717, 1.165) is 23.3 Å². The summed E-state index contributed by atoms with van der Waals surface area (Å²) in [5.74, 6) is -3.43. The second kappa shape index (κ2) is 11.2. The molecule has 0 radical (unpaired) electrons. The summed E-state index contributed by atoms with van der Waals surface area (Å²) in [5.41, 5.74) is -0.948. The lowest BCUT2D eigenvalue weighted by Gasteiger charge is -2.27. The van der Waals surface area contributed by atoms with Crippen molar-refractivity contribution in [2.75, 3.05) is 16.9 Å². The zero-order chi connectivity index (χ0) is 32.1. The number of carbonyl (C=O) groups is 2. The topological polar surface area (TPSA) is 166 Å². The summed E-state index contributed by atoms with van der Waals surface area (Å²) in [7, 11) is -8.10. The fourth-order valence-electron chi connectivity index (χ4n) is 4.09. The van der Waals surface area contributed by atoms with Gasteiger partial charge in [-0.2, -0.15) is 4.98 Å². The van der Waals surface area contributed by atoms with Gasteiger partial charge in [-0.3, -0.25) is 4.79 Å². The fraction of sp³-hybridized carbons (Fsp3) is 0.407. The molecule has 0 spiro atoms. The fourth-order valence-corrected chi connectivity index (χ4v) is 6.23. The molecule has 1 aliphatic rings. The Morgan fingerprint density at radius 2 is 1.81 bits per heavy atom. The number of carbonyl (C=O) groups excluding carboxylic acids is 2. The molecule has 2 heterocycles. The molecule has 2 aromatic carbocycles. The van der Waals surface area contributed by atoms with Gasteiger partial charge in [0.05, 0.1) is 28.4 Å². The number of nitrogens with zero attached hydrogens (tertiary/aromatic N) is 3. The summed E-state index contributed by atoms with van der Waals surface area (Å²) >= 11 is 6.01. The van der Waals surface area contributed by atoms with Crippen LogP contribution >= 0.6 is 11.6 Å². The molecule has 232 valence electrons. The molecule has 0 bridgehead atoms. The number of fused-ring (bicyclic) bond motifs is 1. The molecule has 4 rings (SSSR count). The number of nitrogens with one attached hydrogen (secondary N) is 1. The van der Waals surface area contributed by atoms with E-state index < -0.39 is 64.5 Å². The lowest BCUT2D eigenvalue weighted by atomic mass is 10.1. The number of anilines is 1. The molecular formula is C27H30ClFN4O8S2. The molecule has 0 unspecified atom stereocenters. The first kappa shape index (κ1) is 32.4. The highest BCUT2D eigenvalue weighted by Gasteiger charge is 2.42. The van der Waals surface area contributed by atoms with Crippen LogP contribution in [0.5, 0.6) is 0 Å². The maximum atomic E-state index is 15.6. The second-order valence-corrected chi connectivity index (χ2v) is 16.5. The molecule has 0 saturated carbocycles. The monoisotopic (exact) mass is 656 g/mol. The average Bonchev–Trinajstić information content (AvgIpc) is 3.34. The van der Waals surface area contributed by atoms with Crippen LogP contribution in [0.4, 0.5) is 14.9 Å². The predicted octanol–water partition coefficient (Wildman–Crippen LogP) is 4.02. The summed E-state index contributed by atoms with van der Waals surface area (Å²) in [6, 6.07) is 6.62. The lowest BCUT2D eigenvalue weighted by Crippen LogP contribution is -2.51. The molecule has 43 heavy (non-hydrogen) atoms. The van der Waals surface area contributed by atoms with Crippen LogP contribution < -0.4 is 10.2 Å². The van der Waals surface area contributed by atoms with Crippen molar-refractivity contribution in [3.05, 3.63) is 58.7 Å². The third-order valence-corrected chi connectivity index (χ3v) is 10.7. The highest BCUT2D eigenvalue weighted by atomic mass is 35.5. The van der Waals surface area contributed by atoms with Gasteiger partial charge in [0.1, 0.15) is 22.2 Å². The maximum Gasteiger partial charge on any atom is 0.408 e. The van der Waals surface area contributed by atoms with Gasteiger partial charge in [-0.25, -0.2) is 26.0 Å². The SMILES string of the molecule is CC(C)(C)OC(=O)N[C@H]1CS(=O)(=O)c2cc(F)c(-c3noc(C(C)(C)S(C)(=O)=O)n3)cc2N(Cc2ccc(Cl)cc2)C1=O. The number of hydrogen-bond acceptors (Lipinski definition) is 10. The summed E-state index contributed by atoms with van der Waals surface area (Å²) in [6.45, 7) is 7.30. The van der Waals surface area contributed by atoms with Crippen molar-refractivity contribution < 1.29 is 40.1 Å². The highest BCUT2D eigenvalue weighted by Crippen LogP contribution is 2.38. The molecule has 1 N–H and O–H groups in total. The number of amides is 2. The number of aromatic nitrogens is 2. The molecule has 2 amide bonds. The first-order valence-electron chi connectivity index (χ1n) is 12.9. The van der Waals surface area contributed by atoms with E-state index >= 15 is 4.39 Å². The van der Waals surface area contributed by atoms with Crippen molar-refractivity contribution in [2.24, 2.45) is 0 Å². The zero-order valence-electron chi connectivity index (χ0n) is 24.1. The Morgan fingerprint density at radius 3 is 2.40 bits per heavy atom. The minimum atomic E-state index is -4.38. The number of sulfone groups is 2. The van der Waals surface area contributed by atoms with Gasteiger partial charge in [0, 0.05) is 11.3 Å². The summed E-state index contributed by atoms with van der Waals surface area (Å²) in [5, 5.41) is 6.49. The molecule has 1 aromatic heterocycles. The molecular weight excluding hydrogens is 627 g/mol. The van der Waals surface area contributed by atoms with Gasteiger partial charge >= 0.3 is 6.09 Å². The van der Waals surface area contributed by atoms with Gasteiger partial charge in [-0.1, -0.05) is 28.9 Å². The zero-order valence-corrected chi connectivity index (χ0v) is 26.5. The molecule has 0 saturated heterocycles. The Kier molecular flexibility index (Phi) is 8.41. The smallest absolute Gasteiger partial charge is 0.408 e. The Morgan fingerprint density at radius 1 is 1.19 bits per heavy atom. The lowest BCUT2D eigenvalue weighted by molar-refractivity contribution is -0.120. The van der Waals surface area contributed by atoms with E-state index in [1.165, 1.54) is 13.8 Å². The van der Waals surface area contributed by atoms with Crippen LogP contribution in [-0.4, -0.2) is 62.6 Å². The normalized spacial score (nSPS) is 17.3. The van der Waals surface area contributed by atoms with Crippen LogP contribution in [0, 0.1) is 5.82 Å². The van der Waals surface area contributed by atoms with E-state index in [0.29, 0.717) is 10.6 Å². The number of halogens is 2. The van der Waals surface area contributed by atoms with Gasteiger partial charge < -0.3 is 19.5 Å². The van der Waals surface area contributed by atoms with Crippen molar-refractivity contribution >= 4 is 49.0 Å². The largest absolute Gasteiger partial charge is 0.444 e. The number of alkyl carbamates (subject to hydrolysis) is 1. The first-order chi connectivity index (χ1) is 19.7. The number of hydrogen-bond donors (Lipinski definition) is 1. The van der Waals surface area contributed by atoms with Crippen molar-refractivity contribution in [1.82, 2.24) is 15.5 Å². The molecule has 0 fully saturated rings. The minimum absolute atomic E-state index is 0.186. The second-order valence-electron chi connectivity index (χ2n) is 11.5. The van der Waals surface area contributed by atoms with Crippen molar-refractivity contribution in [1.29, 1.82) is 0 Å². The Hall–Kier alpha value is -3.56. The average molecular weight is 657 g/mol. The number of benzene rings is 2. The van der Waals surface area contributed by atoms with Crippen LogP contribution in [0.3, 0.4) is 0 Å². The van der Waals surface area contributed by atoms with Crippen LogP contribution in [0.1, 0.15) is 46.1 Å². The van der Waals surface area contributed by atoms with Crippen LogP contribution in [0.25, 0.3) is 11.4 Å². The van der Waals surface area contributed by atoms with Gasteiger partial charge in [-0.05, 0) is 64.4 Å². The quantitative estimate of drug-likeness (QED) is 0.409. The van der Waals surface area contributed by atoms with Gasteiger partial charge in [0.15, 0.2) is 19.7 Å². The third-order valence-electron chi connectivity index (χ3n) is 6.68. The molecule has 12 nitrogen and oxygen atoms in total. The number of ether oxygens (including phenoxy) is 1. The molecule has 1 aliphatic heterocycles. The minimum Gasteiger partial charge on any atom is -0.444 e. The summed E-state index contributed by atoms with van der Waals surface area (Å²) in [4.78, 5) is 31.1. The van der Waals surface area contributed by atoms with E-state index in [9.17, 15) is 26.4 Å². The van der Waals surface area contributed by atoms with Gasteiger partial charge in [-0.15, -0.1) is 0 Å². The van der Waals surface area contributed by atoms with E-state index in [-0.39, 0.29) is 29.5 Å². The van der Waals surface area contributed by atoms with Crippen LogP contribution in [0.15, 0.2) is 45.8 Å². The molecule has 0 aliphatic carbocycles. The standard InChI is InChI=1S/C27H30ClFN4O8S2/c1-26(2,3)40-25(35)30-19-14-43(38,39)21-12-18(29)17(22-31-24(41-32-22)27(4,5)42(6,36)37)11-20(21)33(23(19)34)13-15-7-9-16(28)10-8-15/h7-12,19H,13-14H2,1-6H3,(H,30,35)/t19-/m0/s1. The van der Waals surface area contributed by atoms with Crippen molar-refractivity contribution in [3.8, 4) is 11.4 Å². The van der Waals surface area contributed by atoms with Gasteiger partial charge in [0.25, 0.3) is 5.91 Å². The van der Waals surface area contributed by atoms with E-state index in [1.807, 2.05) is 0 Å². The summed E-state index contributed by atoms with van der Waals surface area (Å²) < 4.78 is 75.9. The third kappa shape index (κ3) is 6.83. The highest BCUT2D eigenvalue weighted by molar-refractivity contribution is 7.92. The van der Waals surface area contributed by atoms with Crippen LogP contribution in [-0.2, 0) is 40.5 Å². The van der Waals surface area contributed by atoms with E-state index in [2.05, 4.69) is 15.5 Å². The summed E-state index contributed by atoms with van der Waals surface area (Å²) in [6.07, 6.45) is -0.0368. The molecule has 1 atom stereocenters. The number of rotatable bonds is 6. The molecule has 16 heteroatoms.